The lowest BCUT2D eigenvalue weighted by Gasteiger charge is -2.31. The fourth-order valence-electron chi connectivity index (χ4n) is 3.42. The third-order valence-electron chi connectivity index (χ3n) is 5.04. The Morgan fingerprint density at radius 3 is 2.42 bits per heavy atom. The van der Waals surface area contributed by atoms with Gasteiger partial charge in [0.1, 0.15) is 0 Å². The highest BCUT2D eigenvalue weighted by Gasteiger charge is 2.30. The molecule has 0 bridgehead atoms. The number of hydrogen-bond donors (Lipinski definition) is 1. The summed E-state index contributed by atoms with van der Waals surface area (Å²) < 4.78 is 0. The lowest BCUT2D eigenvalue weighted by Crippen LogP contribution is -2.41. The van der Waals surface area contributed by atoms with Crippen molar-refractivity contribution in [2.75, 3.05) is 31.5 Å². The Kier molecular flexibility index (Phi) is 5.51. The number of nitrogens with one attached hydrogen (secondary N) is 1. The van der Waals surface area contributed by atoms with Gasteiger partial charge < -0.3 is 10.2 Å². The normalized spacial score (nSPS) is 19.5. The van der Waals surface area contributed by atoms with Crippen LogP contribution in [0.4, 0.5) is 5.69 Å². The molecule has 5 nitrogen and oxygen atoms in total. The molecule has 1 aromatic carbocycles. The molecule has 0 spiro atoms. The molecule has 0 aromatic heterocycles. The van der Waals surface area contributed by atoms with Crippen LogP contribution >= 0.6 is 0 Å². The minimum atomic E-state index is -0.0495. The van der Waals surface area contributed by atoms with E-state index >= 15 is 0 Å². The third-order valence-corrected chi connectivity index (χ3v) is 5.04. The molecular formula is C19H27N3O2. The van der Waals surface area contributed by atoms with Gasteiger partial charge in [0.2, 0.25) is 11.8 Å². The Balaban J connectivity index is 1.50. The average molecular weight is 329 g/mol. The molecular weight excluding hydrogens is 302 g/mol. The summed E-state index contributed by atoms with van der Waals surface area (Å²) in [5.41, 5.74) is 2.07. The first-order chi connectivity index (χ1) is 11.6. The zero-order valence-electron chi connectivity index (χ0n) is 14.5. The van der Waals surface area contributed by atoms with Gasteiger partial charge in [-0.15, -0.1) is 0 Å². The topological polar surface area (TPSA) is 52.7 Å². The monoisotopic (exact) mass is 329 g/mol. The maximum Gasteiger partial charge on any atom is 0.225 e. The van der Waals surface area contributed by atoms with Crippen molar-refractivity contribution in [2.45, 2.75) is 39.2 Å². The van der Waals surface area contributed by atoms with Crippen molar-refractivity contribution in [2.24, 2.45) is 5.92 Å². The predicted molar refractivity (Wildman–Crippen MR) is 94.6 cm³/mol. The molecule has 1 saturated heterocycles. The minimum Gasteiger partial charge on any atom is -0.341 e. The van der Waals surface area contributed by atoms with Crippen LogP contribution in [0, 0.1) is 5.92 Å². The summed E-state index contributed by atoms with van der Waals surface area (Å²) in [6, 6.07) is 8.02. The Morgan fingerprint density at radius 1 is 1.04 bits per heavy atom. The third kappa shape index (κ3) is 4.35. The van der Waals surface area contributed by atoms with Crippen LogP contribution < -0.4 is 5.32 Å². The van der Waals surface area contributed by atoms with Crippen molar-refractivity contribution in [1.82, 2.24) is 9.80 Å². The van der Waals surface area contributed by atoms with Crippen LogP contribution in [0.3, 0.4) is 0 Å². The van der Waals surface area contributed by atoms with Gasteiger partial charge in [0.05, 0.1) is 0 Å². The molecule has 2 amide bonds. The summed E-state index contributed by atoms with van der Waals surface area (Å²) in [4.78, 5) is 27.9. The van der Waals surface area contributed by atoms with Crippen molar-refractivity contribution < 1.29 is 9.59 Å². The average Bonchev–Trinajstić information content (AvgIpc) is 2.72. The number of amides is 2. The van der Waals surface area contributed by atoms with Gasteiger partial charge in [-0.25, -0.2) is 0 Å². The van der Waals surface area contributed by atoms with E-state index in [1.165, 1.54) is 18.9 Å². The standard InChI is InChI=1S/C19H27N3O2/c1-15(23)20-18-8-6-16(7-9-18)14-21-10-3-11-22(13-12-21)19(24)17-4-2-5-17/h6-9,17H,2-5,10-14H2,1H3,(H,20,23). The van der Waals surface area contributed by atoms with E-state index in [-0.39, 0.29) is 5.91 Å². The number of carbonyl (C=O) groups excluding carboxylic acids is 2. The molecule has 1 aliphatic heterocycles. The molecule has 1 aromatic rings. The molecule has 5 heteroatoms. The number of carbonyl (C=O) groups is 2. The predicted octanol–water partition coefficient (Wildman–Crippen LogP) is 2.48. The zero-order chi connectivity index (χ0) is 16.9. The summed E-state index contributed by atoms with van der Waals surface area (Å²) in [5, 5.41) is 2.79. The van der Waals surface area contributed by atoms with E-state index in [0.717, 1.165) is 57.7 Å². The van der Waals surface area contributed by atoms with Crippen molar-refractivity contribution in [3.63, 3.8) is 0 Å². The van der Waals surface area contributed by atoms with E-state index in [9.17, 15) is 9.59 Å². The molecule has 2 aliphatic rings. The van der Waals surface area contributed by atoms with E-state index in [4.69, 9.17) is 0 Å². The lowest BCUT2D eigenvalue weighted by molar-refractivity contribution is -0.138. The number of nitrogens with zero attached hydrogens (tertiary/aromatic N) is 2. The van der Waals surface area contributed by atoms with Gasteiger partial charge in [0.15, 0.2) is 0 Å². The second-order valence-electron chi connectivity index (χ2n) is 6.96. The van der Waals surface area contributed by atoms with E-state index in [2.05, 4.69) is 27.2 Å². The first-order valence-corrected chi connectivity index (χ1v) is 8.99. The van der Waals surface area contributed by atoms with Gasteiger partial charge >= 0.3 is 0 Å². The van der Waals surface area contributed by atoms with Crippen LogP contribution in [0.15, 0.2) is 24.3 Å². The molecule has 0 atom stereocenters. The zero-order valence-corrected chi connectivity index (χ0v) is 14.5. The maximum atomic E-state index is 12.4. The van der Waals surface area contributed by atoms with Crippen molar-refractivity contribution in [3.8, 4) is 0 Å². The fraction of sp³-hybridized carbons (Fsp3) is 0.579. The van der Waals surface area contributed by atoms with Crippen LogP contribution in [0.5, 0.6) is 0 Å². The fourth-order valence-corrected chi connectivity index (χ4v) is 3.42. The quantitative estimate of drug-likeness (QED) is 0.923. The molecule has 0 unspecified atom stereocenters. The second-order valence-corrected chi connectivity index (χ2v) is 6.96. The highest BCUT2D eigenvalue weighted by Crippen LogP contribution is 2.28. The minimum absolute atomic E-state index is 0.0495. The molecule has 0 radical (unpaired) electrons. The van der Waals surface area contributed by atoms with E-state index in [0.29, 0.717) is 11.8 Å². The Bertz CT molecular complexity index is 581. The summed E-state index contributed by atoms with van der Waals surface area (Å²) in [6.45, 7) is 6.12. The van der Waals surface area contributed by atoms with Gasteiger partial charge in [-0.2, -0.15) is 0 Å². The Labute approximate surface area is 144 Å². The van der Waals surface area contributed by atoms with Crippen LogP contribution in [0.2, 0.25) is 0 Å². The van der Waals surface area contributed by atoms with Gasteiger partial charge in [-0.1, -0.05) is 18.6 Å². The highest BCUT2D eigenvalue weighted by atomic mass is 16.2. The van der Waals surface area contributed by atoms with Crippen LogP contribution in [0.25, 0.3) is 0 Å². The van der Waals surface area contributed by atoms with Gasteiger partial charge in [-0.3, -0.25) is 14.5 Å². The molecule has 1 aliphatic carbocycles. The second kappa shape index (κ2) is 7.79. The van der Waals surface area contributed by atoms with E-state index in [1.54, 1.807) is 0 Å². The maximum absolute atomic E-state index is 12.4. The first-order valence-electron chi connectivity index (χ1n) is 8.99. The first kappa shape index (κ1) is 17.0. The molecule has 1 N–H and O–H groups in total. The summed E-state index contributed by atoms with van der Waals surface area (Å²) in [5.74, 6) is 0.632. The Hall–Kier alpha value is -1.88. The largest absolute Gasteiger partial charge is 0.341 e. The van der Waals surface area contributed by atoms with Crippen molar-refractivity contribution >= 4 is 17.5 Å². The SMILES string of the molecule is CC(=O)Nc1ccc(CN2CCCN(C(=O)C3CCC3)CC2)cc1. The van der Waals surface area contributed by atoms with Crippen LogP contribution in [-0.2, 0) is 16.1 Å². The molecule has 3 rings (SSSR count). The highest BCUT2D eigenvalue weighted by molar-refractivity contribution is 5.88. The number of benzene rings is 1. The van der Waals surface area contributed by atoms with Gasteiger partial charge in [0, 0.05) is 51.3 Å². The lowest BCUT2D eigenvalue weighted by atomic mass is 9.84. The smallest absolute Gasteiger partial charge is 0.225 e. The number of hydrogen-bond acceptors (Lipinski definition) is 3. The van der Waals surface area contributed by atoms with Gasteiger partial charge in [-0.05, 0) is 37.0 Å². The molecule has 2 fully saturated rings. The molecule has 24 heavy (non-hydrogen) atoms. The van der Waals surface area contributed by atoms with E-state index in [1.807, 2.05) is 12.1 Å². The van der Waals surface area contributed by atoms with Crippen molar-refractivity contribution in [3.05, 3.63) is 29.8 Å². The van der Waals surface area contributed by atoms with Crippen molar-refractivity contribution in [1.29, 1.82) is 0 Å². The summed E-state index contributed by atoms with van der Waals surface area (Å²) in [7, 11) is 0. The molecule has 130 valence electrons. The number of anilines is 1. The van der Waals surface area contributed by atoms with Crippen LogP contribution in [-0.4, -0.2) is 47.8 Å². The van der Waals surface area contributed by atoms with Gasteiger partial charge in [0.25, 0.3) is 0 Å². The Morgan fingerprint density at radius 2 is 1.79 bits per heavy atom. The van der Waals surface area contributed by atoms with E-state index < -0.39 is 0 Å². The molecule has 1 heterocycles. The summed E-state index contributed by atoms with van der Waals surface area (Å²) in [6.07, 6.45) is 4.42. The molecule has 1 saturated carbocycles. The summed E-state index contributed by atoms with van der Waals surface area (Å²) >= 11 is 0. The number of rotatable bonds is 4. The van der Waals surface area contributed by atoms with Crippen LogP contribution in [0.1, 0.15) is 38.2 Å².